The molecule has 0 bridgehead atoms. The molecule has 0 saturated carbocycles. The van der Waals surface area contributed by atoms with Gasteiger partial charge in [-0.3, -0.25) is 9.78 Å². The summed E-state index contributed by atoms with van der Waals surface area (Å²) in [4.78, 5) is 19.7. The second kappa shape index (κ2) is 11.7. The predicted octanol–water partition coefficient (Wildman–Crippen LogP) is 6.46. The van der Waals surface area contributed by atoms with Gasteiger partial charge in [0.15, 0.2) is 5.11 Å². The number of aryl methyl sites for hydroxylation is 2. The smallest absolute Gasteiger partial charge is 0.226 e. The summed E-state index contributed by atoms with van der Waals surface area (Å²) in [5.41, 5.74) is 6.77. The first kappa shape index (κ1) is 27.7. The van der Waals surface area contributed by atoms with Crippen molar-refractivity contribution in [3.8, 4) is 11.4 Å². The second-order valence-electron chi connectivity index (χ2n) is 9.97. The number of benzene rings is 2. The third-order valence-corrected chi connectivity index (χ3v) is 7.84. The van der Waals surface area contributed by atoms with Gasteiger partial charge in [0.05, 0.1) is 30.6 Å². The number of amides is 1. The Morgan fingerprint density at radius 1 is 1.10 bits per heavy atom. The lowest BCUT2D eigenvalue weighted by molar-refractivity contribution is -0.116. The van der Waals surface area contributed by atoms with Gasteiger partial charge in [-0.15, -0.1) is 0 Å². The molecule has 7 nitrogen and oxygen atoms in total. The van der Waals surface area contributed by atoms with Crippen LogP contribution in [0.5, 0.6) is 5.75 Å². The first-order valence-electron chi connectivity index (χ1n) is 13.1. The number of carbonyl (C=O) groups excluding carboxylic acids is 1. The number of rotatable bonds is 8. The maximum atomic E-state index is 13.0. The summed E-state index contributed by atoms with van der Waals surface area (Å²) in [5, 5.41) is 7.71. The maximum absolute atomic E-state index is 13.0. The maximum Gasteiger partial charge on any atom is 0.226 e. The van der Waals surface area contributed by atoms with Crippen LogP contribution < -0.4 is 15.4 Å². The molecule has 1 aliphatic heterocycles. The molecule has 2 atom stereocenters. The number of halogens is 1. The highest BCUT2D eigenvalue weighted by Gasteiger charge is 2.41. The SMILES string of the molecule is COc1ccc(Cl)cc1-n1c(C)cc([C@@H]2[C@@H](c3ccccn3)NC(=S)N2CCC(=O)Nc2cccc(C)c2)c1C. The minimum Gasteiger partial charge on any atom is -0.495 e. The van der Waals surface area contributed by atoms with Gasteiger partial charge in [-0.2, -0.15) is 0 Å². The van der Waals surface area contributed by atoms with Crippen molar-refractivity contribution in [2.75, 3.05) is 19.0 Å². The topological polar surface area (TPSA) is 71.4 Å². The van der Waals surface area contributed by atoms with Gasteiger partial charge in [0.25, 0.3) is 0 Å². The Balaban J connectivity index is 1.50. The van der Waals surface area contributed by atoms with E-state index < -0.39 is 0 Å². The first-order valence-corrected chi connectivity index (χ1v) is 13.9. The first-order chi connectivity index (χ1) is 19.3. The molecule has 2 aromatic carbocycles. The van der Waals surface area contributed by atoms with E-state index in [1.165, 1.54) is 0 Å². The van der Waals surface area contributed by atoms with Crippen molar-refractivity contribution in [2.24, 2.45) is 0 Å². The number of hydrogen-bond donors (Lipinski definition) is 2. The number of pyridine rings is 1. The Labute approximate surface area is 245 Å². The van der Waals surface area contributed by atoms with E-state index in [4.69, 9.17) is 28.6 Å². The van der Waals surface area contributed by atoms with Crippen LogP contribution in [0.15, 0.2) is 72.9 Å². The normalized spacial score (nSPS) is 16.6. The lowest BCUT2D eigenvalue weighted by Gasteiger charge is -2.28. The molecule has 9 heteroatoms. The minimum absolute atomic E-state index is 0.0671. The second-order valence-corrected chi connectivity index (χ2v) is 10.8. The van der Waals surface area contributed by atoms with Gasteiger partial charge in [0.1, 0.15) is 5.75 Å². The van der Waals surface area contributed by atoms with E-state index in [9.17, 15) is 4.79 Å². The molecule has 0 radical (unpaired) electrons. The molecular formula is C31H32ClN5O2S. The average molecular weight is 574 g/mol. The van der Waals surface area contributed by atoms with Crippen LogP contribution in [0.25, 0.3) is 5.69 Å². The molecule has 1 saturated heterocycles. The number of hydrogen-bond acceptors (Lipinski definition) is 4. The highest BCUT2D eigenvalue weighted by Crippen LogP contribution is 2.42. The number of carbonyl (C=O) groups is 1. The molecule has 2 N–H and O–H groups in total. The minimum atomic E-state index is -0.191. The lowest BCUT2D eigenvalue weighted by atomic mass is 9.96. The Morgan fingerprint density at radius 2 is 1.93 bits per heavy atom. The molecule has 1 fully saturated rings. The van der Waals surface area contributed by atoms with Gasteiger partial charge in [-0.25, -0.2) is 0 Å². The standard InChI is InChI=1S/C31H32ClN5O2S/c1-19-8-7-9-23(16-19)34-28(38)13-15-36-30(29(35-31(36)40)25-10-5-6-14-33-25)24-17-20(2)37(21(24)3)26-18-22(32)11-12-27(26)39-4/h5-12,14,16-18,29-30H,13,15H2,1-4H3,(H,34,38)(H,35,40)/t29-,30-/m1/s1. The number of ether oxygens (including phenoxy) is 1. The van der Waals surface area contributed by atoms with E-state index in [2.05, 4.69) is 45.0 Å². The highest BCUT2D eigenvalue weighted by molar-refractivity contribution is 7.80. The Bertz CT molecular complexity index is 1550. The number of nitrogens with one attached hydrogen (secondary N) is 2. The van der Waals surface area contributed by atoms with Gasteiger partial charge in [0.2, 0.25) is 5.91 Å². The Kier molecular flexibility index (Phi) is 8.09. The van der Waals surface area contributed by atoms with Crippen molar-refractivity contribution < 1.29 is 9.53 Å². The van der Waals surface area contributed by atoms with Gasteiger partial charge < -0.3 is 24.8 Å². The van der Waals surface area contributed by atoms with Crippen molar-refractivity contribution in [1.82, 2.24) is 19.8 Å². The summed E-state index contributed by atoms with van der Waals surface area (Å²) in [6.07, 6.45) is 2.07. The van der Waals surface area contributed by atoms with Crippen LogP contribution in [0.4, 0.5) is 5.69 Å². The summed E-state index contributed by atoms with van der Waals surface area (Å²) >= 11 is 12.2. The molecule has 0 aliphatic carbocycles. The summed E-state index contributed by atoms with van der Waals surface area (Å²) < 4.78 is 7.82. The largest absolute Gasteiger partial charge is 0.495 e. The number of anilines is 1. The number of nitrogens with zero attached hydrogens (tertiary/aromatic N) is 3. The van der Waals surface area contributed by atoms with Gasteiger partial charge in [-0.05, 0) is 92.6 Å². The summed E-state index contributed by atoms with van der Waals surface area (Å²) in [7, 11) is 1.65. The molecule has 206 valence electrons. The summed E-state index contributed by atoms with van der Waals surface area (Å²) in [6.45, 7) is 6.60. The van der Waals surface area contributed by atoms with Crippen LogP contribution in [0.1, 0.15) is 46.7 Å². The van der Waals surface area contributed by atoms with Crippen molar-refractivity contribution in [3.05, 3.63) is 106 Å². The Hall–Kier alpha value is -3.88. The number of methoxy groups -OCH3 is 1. The molecule has 1 amide bonds. The zero-order valence-corrected chi connectivity index (χ0v) is 24.5. The third kappa shape index (κ3) is 5.55. The van der Waals surface area contributed by atoms with Crippen molar-refractivity contribution in [2.45, 2.75) is 39.3 Å². The molecule has 5 rings (SSSR count). The molecule has 4 aromatic rings. The zero-order chi connectivity index (χ0) is 28.4. The predicted molar refractivity (Wildman–Crippen MR) is 163 cm³/mol. The van der Waals surface area contributed by atoms with Gasteiger partial charge in [-0.1, -0.05) is 29.8 Å². The summed E-state index contributed by atoms with van der Waals surface area (Å²) in [5.74, 6) is 0.659. The van der Waals surface area contributed by atoms with Crippen LogP contribution >= 0.6 is 23.8 Å². The lowest BCUT2D eigenvalue weighted by Crippen LogP contribution is -2.32. The van der Waals surface area contributed by atoms with Crippen LogP contribution in [-0.4, -0.2) is 39.1 Å². The summed E-state index contributed by atoms with van der Waals surface area (Å²) in [6, 6.07) is 21.1. The fraction of sp³-hybridized carbons (Fsp3) is 0.258. The van der Waals surface area contributed by atoms with Crippen molar-refractivity contribution >= 4 is 40.5 Å². The molecule has 3 heterocycles. The zero-order valence-electron chi connectivity index (χ0n) is 22.9. The van der Waals surface area contributed by atoms with Crippen LogP contribution in [-0.2, 0) is 4.79 Å². The number of thiocarbonyl (C=S) groups is 1. The van der Waals surface area contributed by atoms with Crippen LogP contribution in [0.2, 0.25) is 5.02 Å². The molecular weight excluding hydrogens is 542 g/mol. The van der Waals surface area contributed by atoms with E-state index in [0.29, 0.717) is 16.7 Å². The fourth-order valence-corrected chi connectivity index (χ4v) is 5.95. The average Bonchev–Trinajstić information content (AvgIpc) is 3.42. The van der Waals surface area contributed by atoms with Crippen molar-refractivity contribution in [1.29, 1.82) is 0 Å². The Morgan fingerprint density at radius 3 is 2.65 bits per heavy atom. The van der Waals surface area contributed by atoms with E-state index in [0.717, 1.165) is 45.3 Å². The molecule has 0 unspecified atom stereocenters. The molecule has 0 spiro atoms. The number of aromatic nitrogens is 2. The quantitative estimate of drug-likeness (QED) is 0.236. The van der Waals surface area contributed by atoms with Gasteiger partial charge >= 0.3 is 0 Å². The van der Waals surface area contributed by atoms with E-state index in [-0.39, 0.29) is 24.4 Å². The monoisotopic (exact) mass is 573 g/mol. The van der Waals surface area contributed by atoms with E-state index >= 15 is 0 Å². The van der Waals surface area contributed by atoms with Gasteiger partial charge in [0, 0.05) is 41.3 Å². The third-order valence-electron chi connectivity index (χ3n) is 7.25. The van der Waals surface area contributed by atoms with E-state index in [1.54, 1.807) is 13.3 Å². The molecule has 1 aliphatic rings. The highest BCUT2D eigenvalue weighted by atomic mass is 35.5. The van der Waals surface area contributed by atoms with E-state index in [1.807, 2.05) is 67.6 Å². The fourth-order valence-electron chi connectivity index (χ4n) is 5.45. The van der Waals surface area contributed by atoms with Crippen LogP contribution in [0.3, 0.4) is 0 Å². The molecule has 2 aromatic heterocycles. The molecule has 40 heavy (non-hydrogen) atoms. The van der Waals surface area contributed by atoms with Crippen molar-refractivity contribution in [3.63, 3.8) is 0 Å². The van der Waals surface area contributed by atoms with Crippen LogP contribution in [0, 0.1) is 20.8 Å².